The third-order valence-corrected chi connectivity index (χ3v) is 3.98. The van der Waals surface area contributed by atoms with E-state index in [-0.39, 0.29) is 0 Å². The summed E-state index contributed by atoms with van der Waals surface area (Å²) in [5.41, 5.74) is 0. The minimum Gasteiger partial charge on any atom is -0.385 e. The van der Waals surface area contributed by atoms with Gasteiger partial charge in [-0.3, -0.25) is 0 Å². The van der Waals surface area contributed by atoms with Crippen LogP contribution in [0.3, 0.4) is 0 Å². The number of hydrogen-bond donors (Lipinski definition) is 0. The highest BCUT2D eigenvalue weighted by Crippen LogP contribution is 2.28. The zero-order valence-electron chi connectivity index (χ0n) is 10.6. The van der Waals surface area contributed by atoms with Crippen molar-refractivity contribution in [2.24, 2.45) is 11.8 Å². The fourth-order valence-electron chi connectivity index (χ4n) is 2.80. The molecule has 90 valence electrons. The third-order valence-electron chi connectivity index (χ3n) is 3.98. The molecule has 0 aromatic heterocycles. The summed E-state index contributed by atoms with van der Waals surface area (Å²) in [5.74, 6) is 1.83. The topological polar surface area (TPSA) is 9.23 Å². The van der Waals surface area contributed by atoms with Crippen LogP contribution in [0.4, 0.5) is 0 Å². The molecule has 1 aliphatic carbocycles. The van der Waals surface area contributed by atoms with Crippen LogP contribution in [-0.4, -0.2) is 13.7 Å². The summed E-state index contributed by atoms with van der Waals surface area (Å²) >= 11 is 0. The van der Waals surface area contributed by atoms with Crippen LogP contribution in [0, 0.1) is 11.8 Å². The number of rotatable bonds is 3. The van der Waals surface area contributed by atoms with Crippen molar-refractivity contribution < 1.29 is 4.74 Å². The van der Waals surface area contributed by atoms with Crippen LogP contribution in [0.25, 0.3) is 0 Å². The van der Waals surface area contributed by atoms with Crippen molar-refractivity contribution in [3.05, 3.63) is 0 Å². The molecule has 0 radical (unpaired) electrons. The molecule has 1 aliphatic rings. The van der Waals surface area contributed by atoms with Gasteiger partial charge < -0.3 is 4.74 Å². The van der Waals surface area contributed by atoms with Crippen LogP contribution >= 0.6 is 0 Å². The second-order valence-corrected chi connectivity index (χ2v) is 5.22. The highest BCUT2D eigenvalue weighted by molar-refractivity contribution is 4.68. The number of methoxy groups -OCH3 is 1. The molecule has 0 aromatic rings. The second-order valence-electron chi connectivity index (χ2n) is 5.22. The standard InChI is InChI=1S/C14H28O/c1-13-9-7-5-3-4-6-8-10-14(13)11-12-15-2/h13-14H,3-12H2,1-2H3. The lowest BCUT2D eigenvalue weighted by Crippen LogP contribution is -2.15. The maximum absolute atomic E-state index is 5.22. The Morgan fingerprint density at radius 3 is 2.20 bits per heavy atom. The molecule has 1 saturated carbocycles. The van der Waals surface area contributed by atoms with Gasteiger partial charge in [0, 0.05) is 13.7 Å². The predicted molar refractivity (Wildman–Crippen MR) is 66.1 cm³/mol. The molecule has 0 amide bonds. The van der Waals surface area contributed by atoms with E-state index in [2.05, 4.69) is 6.92 Å². The lowest BCUT2D eigenvalue weighted by atomic mass is 9.82. The molecule has 1 nitrogen and oxygen atoms in total. The Hall–Kier alpha value is -0.0400. The average Bonchev–Trinajstić information content (AvgIpc) is 2.26. The van der Waals surface area contributed by atoms with Crippen molar-refractivity contribution in [3.63, 3.8) is 0 Å². The molecule has 0 heterocycles. The van der Waals surface area contributed by atoms with Crippen molar-refractivity contribution in [1.82, 2.24) is 0 Å². The molecular formula is C14H28O. The van der Waals surface area contributed by atoms with Gasteiger partial charge in [0.25, 0.3) is 0 Å². The monoisotopic (exact) mass is 212 g/mol. The fourth-order valence-corrected chi connectivity index (χ4v) is 2.80. The lowest BCUT2D eigenvalue weighted by molar-refractivity contribution is 0.153. The predicted octanol–water partition coefficient (Wildman–Crippen LogP) is 4.41. The quantitative estimate of drug-likeness (QED) is 0.673. The molecule has 0 N–H and O–H groups in total. The van der Waals surface area contributed by atoms with Crippen molar-refractivity contribution in [2.75, 3.05) is 13.7 Å². The Bertz CT molecular complexity index is 144. The third kappa shape index (κ3) is 5.55. The molecule has 0 saturated heterocycles. The van der Waals surface area contributed by atoms with Gasteiger partial charge in [0.15, 0.2) is 0 Å². The zero-order chi connectivity index (χ0) is 10.9. The van der Waals surface area contributed by atoms with E-state index in [0.717, 1.165) is 18.4 Å². The Morgan fingerprint density at radius 2 is 1.53 bits per heavy atom. The summed E-state index contributed by atoms with van der Waals surface area (Å²) in [5, 5.41) is 0. The highest BCUT2D eigenvalue weighted by Gasteiger charge is 2.17. The normalized spacial score (nSPS) is 30.0. The van der Waals surface area contributed by atoms with Crippen molar-refractivity contribution in [1.29, 1.82) is 0 Å². The zero-order valence-corrected chi connectivity index (χ0v) is 10.6. The first kappa shape index (κ1) is 13.0. The van der Waals surface area contributed by atoms with Gasteiger partial charge in [-0.05, 0) is 18.3 Å². The molecule has 1 heteroatoms. The number of hydrogen-bond acceptors (Lipinski definition) is 1. The summed E-state index contributed by atoms with van der Waals surface area (Å²) in [7, 11) is 1.82. The molecule has 0 spiro atoms. The van der Waals surface area contributed by atoms with Crippen LogP contribution in [0.2, 0.25) is 0 Å². The van der Waals surface area contributed by atoms with Gasteiger partial charge in [0.1, 0.15) is 0 Å². The van der Waals surface area contributed by atoms with Crippen LogP contribution in [-0.2, 0) is 4.74 Å². The molecule has 15 heavy (non-hydrogen) atoms. The highest BCUT2D eigenvalue weighted by atomic mass is 16.5. The van der Waals surface area contributed by atoms with E-state index in [9.17, 15) is 0 Å². The maximum Gasteiger partial charge on any atom is 0.0465 e. The van der Waals surface area contributed by atoms with Gasteiger partial charge in [-0.2, -0.15) is 0 Å². The van der Waals surface area contributed by atoms with Gasteiger partial charge in [0.2, 0.25) is 0 Å². The molecule has 0 aliphatic heterocycles. The van der Waals surface area contributed by atoms with E-state index in [4.69, 9.17) is 4.74 Å². The van der Waals surface area contributed by atoms with E-state index >= 15 is 0 Å². The molecule has 2 atom stereocenters. The Morgan fingerprint density at radius 1 is 0.933 bits per heavy atom. The van der Waals surface area contributed by atoms with Gasteiger partial charge in [-0.1, -0.05) is 58.3 Å². The van der Waals surface area contributed by atoms with Gasteiger partial charge >= 0.3 is 0 Å². The first-order valence-electron chi connectivity index (χ1n) is 6.83. The second kappa shape index (κ2) is 8.15. The van der Waals surface area contributed by atoms with Crippen LogP contribution in [0.1, 0.15) is 64.7 Å². The Labute approximate surface area is 95.6 Å². The number of ether oxygens (including phenoxy) is 1. The summed E-state index contributed by atoms with van der Waals surface area (Å²) < 4.78 is 5.22. The Kier molecular flexibility index (Phi) is 7.08. The van der Waals surface area contributed by atoms with E-state index in [1.807, 2.05) is 7.11 Å². The van der Waals surface area contributed by atoms with Gasteiger partial charge in [-0.25, -0.2) is 0 Å². The molecule has 1 fully saturated rings. The summed E-state index contributed by atoms with van der Waals surface area (Å²) in [6.45, 7) is 3.40. The van der Waals surface area contributed by atoms with Gasteiger partial charge in [0.05, 0.1) is 0 Å². The smallest absolute Gasteiger partial charge is 0.0465 e. The SMILES string of the molecule is COCCC1CCCCCCCCC1C. The molecule has 1 rings (SSSR count). The summed E-state index contributed by atoms with van der Waals surface area (Å²) in [6, 6.07) is 0. The van der Waals surface area contributed by atoms with Crippen LogP contribution < -0.4 is 0 Å². The minimum atomic E-state index is 0.915. The van der Waals surface area contributed by atoms with Crippen molar-refractivity contribution in [3.8, 4) is 0 Å². The average molecular weight is 212 g/mol. The van der Waals surface area contributed by atoms with Crippen LogP contribution in [0.5, 0.6) is 0 Å². The molecule has 0 bridgehead atoms. The van der Waals surface area contributed by atoms with Crippen molar-refractivity contribution in [2.45, 2.75) is 64.7 Å². The minimum absolute atomic E-state index is 0.915. The molecular weight excluding hydrogens is 184 g/mol. The summed E-state index contributed by atoms with van der Waals surface area (Å²) in [6.07, 6.45) is 12.9. The van der Waals surface area contributed by atoms with Crippen LogP contribution in [0.15, 0.2) is 0 Å². The molecule has 0 aromatic carbocycles. The largest absolute Gasteiger partial charge is 0.385 e. The first-order chi connectivity index (χ1) is 7.34. The molecule has 2 unspecified atom stereocenters. The van der Waals surface area contributed by atoms with E-state index in [1.165, 1.54) is 57.8 Å². The van der Waals surface area contributed by atoms with E-state index < -0.39 is 0 Å². The first-order valence-corrected chi connectivity index (χ1v) is 6.83. The summed E-state index contributed by atoms with van der Waals surface area (Å²) in [4.78, 5) is 0. The van der Waals surface area contributed by atoms with Crippen molar-refractivity contribution >= 4 is 0 Å². The van der Waals surface area contributed by atoms with Gasteiger partial charge in [-0.15, -0.1) is 0 Å². The fraction of sp³-hybridized carbons (Fsp3) is 1.00. The van der Waals surface area contributed by atoms with E-state index in [1.54, 1.807) is 0 Å². The maximum atomic E-state index is 5.22. The lowest BCUT2D eigenvalue weighted by Gasteiger charge is -2.25. The van der Waals surface area contributed by atoms with E-state index in [0.29, 0.717) is 0 Å². The Balaban J connectivity index is 2.32.